The topological polar surface area (TPSA) is 57.5 Å². The van der Waals surface area contributed by atoms with E-state index in [1.54, 1.807) is 0 Å². The summed E-state index contributed by atoms with van der Waals surface area (Å²) in [5.74, 6) is 1.24. The van der Waals surface area contributed by atoms with Gasteiger partial charge in [0.1, 0.15) is 0 Å². The fourth-order valence-corrected chi connectivity index (χ4v) is 5.27. The van der Waals surface area contributed by atoms with E-state index < -0.39 is 17.0 Å². The van der Waals surface area contributed by atoms with Crippen LogP contribution in [0.5, 0.6) is 0 Å². The Bertz CT molecular complexity index is 389. The molecular formula is C15H24O3. The highest BCUT2D eigenvalue weighted by Crippen LogP contribution is 2.71. The summed E-state index contributed by atoms with van der Waals surface area (Å²) in [4.78, 5) is 11.6. The van der Waals surface area contributed by atoms with Crippen molar-refractivity contribution >= 4 is 5.97 Å². The Morgan fingerprint density at radius 3 is 2.44 bits per heavy atom. The number of carbonyl (C=O) groups is 1. The predicted octanol–water partition coefficient (Wildman–Crippen LogP) is 2.53. The van der Waals surface area contributed by atoms with Crippen molar-refractivity contribution < 1.29 is 15.0 Å². The standard InChI is InChI=1S/C15H24O3/c1-8-4-5-9-11(8)12-10(6-7-14(9,2)18)15(12,3)13(16)17/h8-12,18H,4-7H2,1-3H3,(H,16,17)/t8-,9+,10-,11-,12-,14-,15+/m1/s1. The van der Waals surface area contributed by atoms with E-state index in [4.69, 9.17) is 0 Å². The van der Waals surface area contributed by atoms with E-state index in [-0.39, 0.29) is 5.92 Å². The van der Waals surface area contributed by atoms with Crippen LogP contribution < -0.4 is 0 Å². The summed E-state index contributed by atoms with van der Waals surface area (Å²) < 4.78 is 0. The molecule has 2 N–H and O–H groups in total. The lowest BCUT2D eigenvalue weighted by molar-refractivity contribution is -0.145. The summed E-state index contributed by atoms with van der Waals surface area (Å²) in [5, 5.41) is 20.2. The largest absolute Gasteiger partial charge is 0.481 e. The number of fused-ring (bicyclic) bond motifs is 3. The van der Waals surface area contributed by atoms with Crippen LogP contribution in [0.2, 0.25) is 0 Å². The van der Waals surface area contributed by atoms with Crippen LogP contribution in [0.15, 0.2) is 0 Å². The Morgan fingerprint density at radius 2 is 1.83 bits per heavy atom. The molecule has 0 saturated heterocycles. The number of aliphatic carboxylic acids is 1. The van der Waals surface area contributed by atoms with E-state index in [2.05, 4.69) is 6.92 Å². The van der Waals surface area contributed by atoms with E-state index in [1.165, 1.54) is 0 Å². The van der Waals surface area contributed by atoms with Crippen LogP contribution in [0.25, 0.3) is 0 Å². The van der Waals surface area contributed by atoms with Crippen LogP contribution >= 0.6 is 0 Å². The summed E-state index contributed by atoms with van der Waals surface area (Å²) >= 11 is 0. The normalized spacial score (nSPS) is 58.6. The molecule has 3 aliphatic carbocycles. The van der Waals surface area contributed by atoms with Gasteiger partial charge in [0.2, 0.25) is 0 Å². The zero-order valence-electron chi connectivity index (χ0n) is 11.5. The molecule has 102 valence electrons. The highest BCUT2D eigenvalue weighted by Gasteiger charge is 2.72. The Hall–Kier alpha value is -0.570. The Kier molecular flexibility index (Phi) is 2.42. The van der Waals surface area contributed by atoms with Gasteiger partial charge in [-0.2, -0.15) is 0 Å². The molecule has 3 fully saturated rings. The molecule has 0 radical (unpaired) electrons. The monoisotopic (exact) mass is 252 g/mol. The molecule has 3 aliphatic rings. The molecule has 3 saturated carbocycles. The van der Waals surface area contributed by atoms with Crippen molar-refractivity contribution in [2.24, 2.45) is 35.0 Å². The molecule has 0 aliphatic heterocycles. The average Bonchev–Trinajstić information content (AvgIpc) is 2.72. The number of hydrogen-bond donors (Lipinski definition) is 2. The minimum Gasteiger partial charge on any atom is -0.481 e. The lowest BCUT2D eigenvalue weighted by atomic mass is 9.74. The molecule has 0 bridgehead atoms. The van der Waals surface area contributed by atoms with Crippen LogP contribution in [0.1, 0.15) is 46.5 Å². The lowest BCUT2D eigenvalue weighted by Crippen LogP contribution is -2.39. The number of carboxylic acid groups (broad SMARTS) is 1. The van der Waals surface area contributed by atoms with Crippen LogP contribution in [-0.4, -0.2) is 21.8 Å². The fraction of sp³-hybridized carbons (Fsp3) is 0.933. The first kappa shape index (κ1) is 12.5. The summed E-state index contributed by atoms with van der Waals surface area (Å²) in [6.07, 6.45) is 3.85. The number of aliphatic hydroxyl groups is 1. The third kappa shape index (κ3) is 1.37. The van der Waals surface area contributed by atoms with Crippen molar-refractivity contribution in [2.45, 2.75) is 52.1 Å². The SMILES string of the molecule is C[C@@H]1CC[C@H]2[C@@H]1[C@H]1[C@@H](CC[C@@]2(C)O)[C@]1(C)C(=O)O. The molecule has 0 amide bonds. The summed E-state index contributed by atoms with van der Waals surface area (Å²) in [6.45, 7) is 6.13. The van der Waals surface area contributed by atoms with Gasteiger partial charge < -0.3 is 10.2 Å². The van der Waals surface area contributed by atoms with E-state index in [1.807, 2.05) is 13.8 Å². The second kappa shape index (κ2) is 3.50. The zero-order chi connectivity index (χ0) is 13.3. The fourth-order valence-electron chi connectivity index (χ4n) is 5.27. The van der Waals surface area contributed by atoms with Gasteiger partial charge >= 0.3 is 5.97 Å². The van der Waals surface area contributed by atoms with Gasteiger partial charge in [0, 0.05) is 0 Å². The number of rotatable bonds is 1. The molecule has 0 aromatic carbocycles. The second-order valence-electron chi connectivity index (χ2n) is 7.35. The highest BCUT2D eigenvalue weighted by molar-refractivity contribution is 5.79. The van der Waals surface area contributed by atoms with Crippen LogP contribution in [0, 0.1) is 35.0 Å². The van der Waals surface area contributed by atoms with Gasteiger partial charge in [0.15, 0.2) is 0 Å². The highest BCUT2D eigenvalue weighted by atomic mass is 16.4. The van der Waals surface area contributed by atoms with Gasteiger partial charge in [-0.1, -0.05) is 13.3 Å². The molecule has 18 heavy (non-hydrogen) atoms. The third-order valence-corrected chi connectivity index (χ3v) is 6.48. The molecule has 7 atom stereocenters. The maximum absolute atomic E-state index is 11.6. The van der Waals surface area contributed by atoms with Gasteiger partial charge in [0.25, 0.3) is 0 Å². The lowest BCUT2D eigenvalue weighted by Gasteiger charge is -2.35. The van der Waals surface area contributed by atoms with E-state index in [0.29, 0.717) is 23.7 Å². The Balaban J connectivity index is 1.96. The molecule has 0 heterocycles. The molecule has 0 aromatic heterocycles. The van der Waals surface area contributed by atoms with Crippen molar-refractivity contribution in [3.8, 4) is 0 Å². The van der Waals surface area contributed by atoms with Crippen molar-refractivity contribution in [1.82, 2.24) is 0 Å². The second-order valence-corrected chi connectivity index (χ2v) is 7.35. The zero-order valence-corrected chi connectivity index (χ0v) is 11.5. The maximum atomic E-state index is 11.6. The first-order valence-electron chi connectivity index (χ1n) is 7.26. The first-order valence-corrected chi connectivity index (χ1v) is 7.26. The number of hydrogen-bond acceptors (Lipinski definition) is 2. The summed E-state index contributed by atoms with van der Waals surface area (Å²) in [5.41, 5.74) is -1.10. The first-order chi connectivity index (χ1) is 8.30. The minimum atomic E-state index is -0.628. The van der Waals surface area contributed by atoms with Crippen LogP contribution in [0.3, 0.4) is 0 Å². The van der Waals surface area contributed by atoms with Gasteiger partial charge in [-0.3, -0.25) is 4.79 Å². The minimum absolute atomic E-state index is 0.289. The van der Waals surface area contributed by atoms with Gasteiger partial charge in [-0.15, -0.1) is 0 Å². The third-order valence-electron chi connectivity index (χ3n) is 6.48. The van der Waals surface area contributed by atoms with Crippen LogP contribution in [-0.2, 0) is 4.79 Å². The Labute approximate surface area is 109 Å². The van der Waals surface area contributed by atoms with Gasteiger partial charge in [0.05, 0.1) is 11.0 Å². The van der Waals surface area contributed by atoms with E-state index >= 15 is 0 Å². The summed E-state index contributed by atoms with van der Waals surface area (Å²) in [6, 6.07) is 0. The molecular weight excluding hydrogens is 228 g/mol. The van der Waals surface area contributed by atoms with Crippen molar-refractivity contribution in [3.63, 3.8) is 0 Å². The predicted molar refractivity (Wildman–Crippen MR) is 68.0 cm³/mol. The average molecular weight is 252 g/mol. The van der Waals surface area contributed by atoms with E-state index in [0.717, 1.165) is 25.7 Å². The summed E-state index contributed by atoms with van der Waals surface area (Å²) in [7, 11) is 0. The molecule has 3 heteroatoms. The molecule has 0 aromatic rings. The smallest absolute Gasteiger partial charge is 0.309 e. The molecule has 3 nitrogen and oxygen atoms in total. The maximum Gasteiger partial charge on any atom is 0.309 e. The van der Waals surface area contributed by atoms with Gasteiger partial charge in [-0.25, -0.2) is 0 Å². The molecule has 3 rings (SSSR count). The Morgan fingerprint density at radius 1 is 1.17 bits per heavy atom. The van der Waals surface area contributed by atoms with Crippen molar-refractivity contribution in [3.05, 3.63) is 0 Å². The van der Waals surface area contributed by atoms with Crippen molar-refractivity contribution in [2.75, 3.05) is 0 Å². The quantitative estimate of drug-likeness (QED) is 0.754. The van der Waals surface area contributed by atoms with E-state index in [9.17, 15) is 15.0 Å². The molecule has 0 spiro atoms. The van der Waals surface area contributed by atoms with Crippen molar-refractivity contribution in [1.29, 1.82) is 0 Å². The molecule has 0 unspecified atom stereocenters. The van der Waals surface area contributed by atoms with Crippen LogP contribution in [0.4, 0.5) is 0 Å². The number of carboxylic acids is 1. The van der Waals surface area contributed by atoms with Gasteiger partial charge in [-0.05, 0) is 62.7 Å².